The topological polar surface area (TPSA) is 15.6 Å². The number of hydrazone groups is 1. The summed E-state index contributed by atoms with van der Waals surface area (Å²) in [5.74, 6) is 0.551. The van der Waals surface area contributed by atoms with Crippen molar-refractivity contribution in [3.8, 4) is 0 Å². The Balaban J connectivity index is 2.44. The molecular weight excluding hydrogens is 172 g/mol. The molecule has 0 amide bonds. The van der Waals surface area contributed by atoms with Crippen LogP contribution in [0.25, 0.3) is 0 Å². The summed E-state index contributed by atoms with van der Waals surface area (Å²) < 4.78 is 0. The number of fused-ring (bicyclic) bond motifs is 1. The van der Waals surface area contributed by atoms with E-state index in [1.807, 2.05) is 19.1 Å². The summed E-state index contributed by atoms with van der Waals surface area (Å²) >= 11 is 0. The van der Waals surface area contributed by atoms with E-state index in [0.29, 0.717) is 5.92 Å². The van der Waals surface area contributed by atoms with Crippen LogP contribution < -0.4 is 0 Å². The fourth-order valence-electron chi connectivity index (χ4n) is 2.01. The van der Waals surface area contributed by atoms with Crippen molar-refractivity contribution in [1.82, 2.24) is 5.01 Å². The first-order valence-corrected chi connectivity index (χ1v) is 5.02. The van der Waals surface area contributed by atoms with Crippen molar-refractivity contribution in [1.29, 1.82) is 0 Å². The van der Waals surface area contributed by atoms with Crippen LogP contribution in [0.4, 0.5) is 0 Å². The average molecular weight is 188 g/mol. The number of nitrogens with zero attached hydrogens (tertiary/aromatic N) is 2. The average Bonchev–Trinajstić information content (AvgIpc) is 2.43. The summed E-state index contributed by atoms with van der Waals surface area (Å²) in [6.45, 7) is 2.24. The van der Waals surface area contributed by atoms with Gasteiger partial charge in [-0.1, -0.05) is 31.2 Å². The molecule has 1 atom stereocenters. The van der Waals surface area contributed by atoms with E-state index in [-0.39, 0.29) is 0 Å². The lowest BCUT2D eigenvalue weighted by Crippen LogP contribution is -2.13. The third-order valence-electron chi connectivity index (χ3n) is 2.59. The van der Waals surface area contributed by atoms with Crippen molar-refractivity contribution in [2.45, 2.75) is 13.3 Å². The van der Waals surface area contributed by atoms with Gasteiger partial charge in [-0.05, 0) is 12.0 Å². The standard InChI is InChI=1S/C12H16N2/c1-9-8-10-6-4-5-7-11(10)12(9)13-14(2)3/h4-7,9H,8H2,1-3H3. The van der Waals surface area contributed by atoms with Crippen LogP contribution in [0.5, 0.6) is 0 Å². The molecule has 0 heterocycles. The molecule has 0 aromatic heterocycles. The molecule has 0 aliphatic heterocycles. The van der Waals surface area contributed by atoms with Crippen LogP contribution in [0, 0.1) is 5.92 Å². The molecular formula is C12H16N2. The lowest BCUT2D eigenvalue weighted by molar-refractivity contribution is 0.434. The molecule has 2 heteroatoms. The summed E-state index contributed by atoms with van der Waals surface area (Å²) in [5, 5.41) is 6.43. The monoisotopic (exact) mass is 188 g/mol. The Bertz CT molecular complexity index is 366. The Morgan fingerprint density at radius 1 is 1.29 bits per heavy atom. The minimum Gasteiger partial charge on any atom is -0.303 e. The van der Waals surface area contributed by atoms with Crippen LogP contribution in [-0.2, 0) is 6.42 Å². The molecule has 2 nitrogen and oxygen atoms in total. The quantitative estimate of drug-likeness (QED) is 0.616. The van der Waals surface area contributed by atoms with Crippen LogP contribution in [0.15, 0.2) is 29.4 Å². The van der Waals surface area contributed by atoms with Crippen LogP contribution >= 0.6 is 0 Å². The van der Waals surface area contributed by atoms with Crippen molar-refractivity contribution in [3.63, 3.8) is 0 Å². The Kier molecular flexibility index (Phi) is 2.28. The lowest BCUT2D eigenvalue weighted by atomic mass is 10.1. The van der Waals surface area contributed by atoms with Crippen molar-refractivity contribution in [3.05, 3.63) is 35.4 Å². The highest BCUT2D eigenvalue weighted by Gasteiger charge is 2.24. The third kappa shape index (κ3) is 1.52. The molecule has 1 aliphatic carbocycles. The largest absolute Gasteiger partial charge is 0.303 e. The van der Waals surface area contributed by atoms with Gasteiger partial charge >= 0.3 is 0 Å². The Morgan fingerprint density at radius 2 is 2.00 bits per heavy atom. The second-order valence-electron chi connectivity index (χ2n) is 4.09. The first-order valence-electron chi connectivity index (χ1n) is 5.02. The molecule has 1 aliphatic rings. The molecule has 2 rings (SSSR count). The lowest BCUT2D eigenvalue weighted by Gasteiger charge is -2.09. The van der Waals surface area contributed by atoms with Crippen LogP contribution in [-0.4, -0.2) is 24.8 Å². The number of benzene rings is 1. The van der Waals surface area contributed by atoms with Gasteiger partial charge in [0, 0.05) is 25.6 Å². The van der Waals surface area contributed by atoms with E-state index in [4.69, 9.17) is 0 Å². The predicted molar refractivity (Wildman–Crippen MR) is 59.5 cm³/mol. The normalized spacial score (nSPS) is 22.5. The van der Waals surface area contributed by atoms with Crippen molar-refractivity contribution < 1.29 is 0 Å². The first-order chi connectivity index (χ1) is 6.68. The molecule has 0 fully saturated rings. The minimum absolute atomic E-state index is 0.551. The van der Waals surface area contributed by atoms with Gasteiger partial charge < -0.3 is 5.01 Å². The summed E-state index contributed by atoms with van der Waals surface area (Å²) in [4.78, 5) is 0. The van der Waals surface area contributed by atoms with Gasteiger partial charge in [0.25, 0.3) is 0 Å². The molecule has 0 spiro atoms. The van der Waals surface area contributed by atoms with Crippen molar-refractivity contribution in [2.24, 2.45) is 11.0 Å². The van der Waals surface area contributed by atoms with Gasteiger partial charge in [0.15, 0.2) is 0 Å². The molecule has 0 N–H and O–H groups in total. The molecule has 74 valence electrons. The molecule has 0 saturated heterocycles. The molecule has 14 heavy (non-hydrogen) atoms. The van der Waals surface area contributed by atoms with Gasteiger partial charge in [-0.2, -0.15) is 5.10 Å². The fraction of sp³-hybridized carbons (Fsp3) is 0.417. The van der Waals surface area contributed by atoms with E-state index in [0.717, 1.165) is 6.42 Å². The maximum Gasteiger partial charge on any atom is 0.0711 e. The smallest absolute Gasteiger partial charge is 0.0711 e. The van der Waals surface area contributed by atoms with Crippen LogP contribution in [0.3, 0.4) is 0 Å². The Hall–Kier alpha value is -1.31. The van der Waals surface area contributed by atoms with Crippen molar-refractivity contribution in [2.75, 3.05) is 14.1 Å². The van der Waals surface area contributed by atoms with E-state index in [1.165, 1.54) is 16.8 Å². The fourth-order valence-corrected chi connectivity index (χ4v) is 2.01. The number of rotatable bonds is 1. The van der Waals surface area contributed by atoms with Gasteiger partial charge in [0.05, 0.1) is 5.71 Å². The minimum atomic E-state index is 0.551. The maximum atomic E-state index is 4.55. The molecule has 0 saturated carbocycles. The van der Waals surface area contributed by atoms with Gasteiger partial charge in [-0.25, -0.2) is 0 Å². The molecule has 0 bridgehead atoms. The molecule has 1 aromatic carbocycles. The number of hydrogen-bond donors (Lipinski definition) is 0. The van der Waals surface area contributed by atoms with Gasteiger partial charge in [0.2, 0.25) is 0 Å². The van der Waals surface area contributed by atoms with Gasteiger partial charge in [0.1, 0.15) is 0 Å². The zero-order valence-corrected chi connectivity index (χ0v) is 8.99. The SMILES string of the molecule is CC1Cc2ccccc2C1=NN(C)C. The Morgan fingerprint density at radius 3 is 2.71 bits per heavy atom. The first kappa shape index (κ1) is 9.25. The Labute approximate surface area is 85.2 Å². The summed E-state index contributed by atoms with van der Waals surface area (Å²) in [7, 11) is 3.95. The highest BCUT2D eigenvalue weighted by molar-refractivity contribution is 6.05. The zero-order valence-electron chi connectivity index (χ0n) is 8.99. The van der Waals surface area contributed by atoms with Gasteiger partial charge in [-0.15, -0.1) is 0 Å². The van der Waals surface area contributed by atoms with E-state index in [1.54, 1.807) is 0 Å². The van der Waals surface area contributed by atoms with Crippen LogP contribution in [0.1, 0.15) is 18.1 Å². The second-order valence-corrected chi connectivity index (χ2v) is 4.09. The summed E-state index contributed by atoms with van der Waals surface area (Å²) in [6, 6.07) is 8.55. The highest BCUT2D eigenvalue weighted by Crippen LogP contribution is 2.26. The molecule has 1 aromatic rings. The maximum absolute atomic E-state index is 4.55. The van der Waals surface area contributed by atoms with E-state index in [9.17, 15) is 0 Å². The van der Waals surface area contributed by atoms with Crippen LogP contribution in [0.2, 0.25) is 0 Å². The van der Waals surface area contributed by atoms with E-state index in [2.05, 4.69) is 36.3 Å². The van der Waals surface area contributed by atoms with Crippen molar-refractivity contribution >= 4 is 5.71 Å². The highest BCUT2D eigenvalue weighted by atomic mass is 15.4. The van der Waals surface area contributed by atoms with E-state index < -0.39 is 0 Å². The van der Waals surface area contributed by atoms with Gasteiger partial charge in [-0.3, -0.25) is 0 Å². The second kappa shape index (κ2) is 3.45. The summed E-state index contributed by atoms with van der Waals surface area (Å²) in [5.41, 5.74) is 3.99. The summed E-state index contributed by atoms with van der Waals surface area (Å²) in [6.07, 6.45) is 1.13. The molecule has 0 radical (unpaired) electrons. The third-order valence-corrected chi connectivity index (χ3v) is 2.59. The molecule has 1 unspecified atom stereocenters. The zero-order chi connectivity index (χ0) is 10.1. The predicted octanol–water partition coefficient (Wildman–Crippen LogP) is 2.14. The number of hydrogen-bond acceptors (Lipinski definition) is 2. The van der Waals surface area contributed by atoms with E-state index >= 15 is 0 Å².